The molecule has 3 aliphatic rings. The Morgan fingerprint density at radius 3 is 2.87 bits per heavy atom. The molecule has 3 fully saturated rings. The number of hydrogen-bond donors (Lipinski definition) is 0. The summed E-state index contributed by atoms with van der Waals surface area (Å²) >= 11 is 0. The Labute approximate surface area is 178 Å². The number of ether oxygens (including phenoxy) is 1. The molecule has 0 unspecified atom stereocenters. The molecule has 4 atom stereocenters. The molecule has 0 saturated carbocycles. The van der Waals surface area contributed by atoms with Gasteiger partial charge in [0.1, 0.15) is 5.75 Å². The van der Waals surface area contributed by atoms with Crippen LogP contribution in [0.2, 0.25) is 0 Å². The van der Waals surface area contributed by atoms with Crippen LogP contribution in [0.3, 0.4) is 0 Å². The van der Waals surface area contributed by atoms with E-state index in [1.165, 1.54) is 17.7 Å². The predicted molar refractivity (Wildman–Crippen MR) is 115 cm³/mol. The Hall–Kier alpha value is -2.34. The lowest BCUT2D eigenvalue weighted by molar-refractivity contribution is -0.152. The summed E-state index contributed by atoms with van der Waals surface area (Å²) in [6.45, 7) is 3.07. The lowest BCUT2D eigenvalue weighted by Gasteiger charge is -2.56. The number of hydrogen-bond acceptors (Lipinski definition) is 4. The number of piperidine rings is 3. The van der Waals surface area contributed by atoms with Gasteiger partial charge in [0.25, 0.3) is 0 Å². The molecular formula is C24H32N4O2. The van der Waals surface area contributed by atoms with E-state index in [1.54, 1.807) is 7.11 Å². The standard InChI is InChI=1S/C24H32N4O2/c1-26-20(9-10-25-26)16-27-14-18-13-19(15-27)23(28-22(18)7-4-8-24(28)29)12-17-5-3-6-21(11-17)30-2/h3,5-6,9-11,18-19,22-23H,4,7-8,12-16H2,1-2H3/t18-,19+,22+,23+/m1/s1. The lowest BCUT2D eigenvalue weighted by Crippen LogP contribution is -2.65. The summed E-state index contributed by atoms with van der Waals surface area (Å²) in [6.07, 6.45) is 6.93. The van der Waals surface area contributed by atoms with Crippen molar-refractivity contribution in [1.29, 1.82) is 0 Å². The van der Waals surface area contributed by atoms with Gasteiger partial charge in [0.05, 0.1) is 12.8 Å². The topological polar surface area (TPSA) is 50.6 Å². The van der Waals surface area contributed by atoms with E-state index in [2.05, 4.69) is 39.2 Å². The normalized spacial score (nSPS) is 29.0. The summed E-state index contributed by atoms with van der Waals surface area (Å²) in [5.74, 6) is 2.36. The minimum atomic E-state index is 0.278. The van der Waals surface area contributed by atoms with Crippen molar-refractivity contribution in [3.8, 4) is 5.75 Å². The van der Waals surface area contributed by atoms with E-state index in [-0.39, 0.29) is 6.04 Å². The first-order valence-corrected chi connectivity index (χ1v) is 11.3. The number of aryl methyl sites for hydroxylation is 1. The zero-order chi connectivity index (χ0) is 20.7. The van der Waals surface area contributed by atoms with Crippen molar-refractivity contribution in [2.24, 2.45) is 18.9 Å². The molecule has 1 aromatic carbocycles. The monoisotopic (exact) mass is 408 g/mol. The van der Waals surface area contributed by atoms with E-state index in [0.717, 1.165) is 44.6 Å². The summed E-state index contributed by atoms with van der Waals surface area (Å²) in [7, 11) is 3.74. The zero-order valence-electron chi connectivity index (χ0n) is 18.0. The number of fused-ring (bicyclic) bond motifs is 4. The number of methoxy groups -OCH3 is 1. The molecule has 0 aliphatic carbocycles. The highest BCUT2D eigenvalue weighted by Crippen LogP contribution is 2.43. The Morgan fingerprint density at radius 1 is 1.20 bits per heavy atom. The van der Waals surface area contributed by atoms with Crippen LogP contribution < -0.4 is 4.74 Å². The van der Waals surface area contributed by atoms with E-state index in [9.17, 15) is 4.79 Å². The third kappa shape index (κ3) is 3.62. The molecule has 6 heteroatoms. The van der Waals surface area contributed by atoms with Gasteiger partial charge in [0.2, 0.25) is 5.91 Å². The Bertz CT molecular complexity index is 910. The maximum absolute atomic E-state index is 13.0. The fourth-order valence-corrected chi connectivity index (χ4v) is 6.09. The van der Waals surface area contributed by atoms with E-state index >= 15 is 0 Å². The highest BCUT2D eigenvalue weighted by Gasteiger charge is 2.49. The van der Waals surface area contributed by atoms with Crippen molar-refractivity contribution in [3.63, 3.8) is 0 Å². The molecule has 30 heavy (non-hydrogen) atoms. The van der Waals surface area contributed by atoms with Gasteiger partial charge in [-0.2, -0.15) is 5.10 Å². The van der Waals surface area contributed by atoms with Crippen LogP contribution in [0.25, 0.3) is 0 Å². The van der Waals surface area contributed by atoms with Crippen LogP contribution in [0.1, 0.15) is 36.9 Å². The third-order valence-electron chi connectivity index (χ3n) is 7.46. The fourth-order valence-electron chi connectivity index (χ4n) is 6.09. The molecule has 160 valence electrons. The molecule has 1 aromatic heterocycles. The largest absolute Gasteiger partial charge is 0.497 e. The van der Waals surface area contributed by atoms with Crippen LogP contribution in [-0.2, 0) is 24.8 Å². The summed E-state index contributed by atoms with van der Waals surface area (Å²) in [4.78, 5) is 18.0. The van der Waals surface area contributed by atoms with Gasteiger partial charge < -0.3 is 9.64 Å². The van der Waals surface area contributed by atoms with E-state index < -0.39 is 0 Å². The molecule has 3 aliphatic heterocycles. The van der Waals surface area contributed by atoms with Crippen LogP contribution in [0, 0.1) is 11.8 Å². The molecule has 1 amide bonds. The van der Waals surface area contributed by atoms with Crippen LogP contribution in [0.5, 0.6) is 5.75 Å². The molecule has 0 spiro atoms. The zero-order valence-corrected chi connectivity index (χ0v) is 18.0. The maximum atomic E-state index is 13.0. The molecule has 3 saturated heterocycles. The third-order valence-corrected chi connectivity index (χ3v) is 7.46. The first-order chi connectivity index (χ1) is 14.6. The minimum Gasteiger partial charge on any atom is -0.497 e. The quantitative estimate of drug-likeness (QED) is 0.763. The summed E-state index contributed by atoms with van der Waals surface area (Å²) in [5.41, 5.74) is 2.52. The molecule has 2 aromatic rings. The number of likely N-dealkylation sites (tertiary alicyclic amines) is 1. The van der Waals surface area contributed by atoms with Crippen molar-refractivity contribution >= 4 is 5.91 Å². The number of benzene rings is 1. The van der Waals surface area contributed by atoms with E-state index in [1.807, 2.05) is 24.0 Å². The van der Waals surface area contributed by atoms with Crippen LogP contribution in [-0.4, -0.2) is 57.8 Å². The van der Waals surface area contributed by atoms with E-state index in [4.69, 9.17) is 4.74 Å². The minimum absolute atomic E-state index is 0.278. The van der Waals surface area contributed by atoms with E-state index in [0.29, 0.717) is 30.2 Å². The van der Waals surface area contributed by atoms with Crippen LogP contribution in [0.4, 0.5) is 0 Å². The number of carbonyl (C=O) groups excluding carboxylic acids is 1. The molecule has 2 bridgehead atoms. The second-order valence-electron chi connectivity index (χ2n) is 9.28. The summed E-state index contributed by atoms with van der Waals surface area (Å²) < 4.78 is 7.42. The van der Waals surface area contributed by atoms with Crippen molar-refractivity contribution in [1.82, 2.24) is 19.6 Å². The average Bonchev–Trinajstić information content (AvgIpc) is 3.15. The SMILES string of the molecule is COc1cccc(C[C@H]2[C@H]3C[C@H](CN(Cc4ccnn4C)C3)[C@@H]3CCCC(=O)N32)c1. The highest BCUT2D eigenvalue weighted by atomic mass is 16.5. The fraction of sp³-hybridized carbons (Fsp3) is 0.583. The second kappa shape index (κ2) is 8.06. The first-order valence-electron chi connectivity index (χ1n) is 11.3. The smallest absolute Gasteiger partial charge is 0.223 e. The van der Waals surface area contributed by atoms with Gasteiger partial charge >= 0.3 is 0 Å². The van der Waals surface area contributed by atoms with Crippen molar-refractivity contribution in [3.05, 3.63) is 47.8 Å². The summed E-state index contributed by atoms with van der Waals surface area (Å²) in [6, 6.07) is 11.2. The number of nitrogens with zero attached hydrogens (tertiary/aromatic N) is 4. The number of aromatic nitrogens is 2. The second-order valence-corrected chi connectivity index (χ2v) is 9.28. The molecular weight excluding hydrogens is 376 g/mol. The van der Waals surface area contributed by atoms with Gasteiger partial charge in [-0.15, -0.1) is 0 Å². The van der Waals surface area contributed by atoms with Gasteiger partial charge in [-0.1, -0.05) is 12.1 Å². The van der Waals surface area contributed by atoms with Crippen molar-refractivity contribution in [2.75, 3.05) is 20.2 Å². The molecule has 5 rings (SSSR count). The lowest BCUT2D eigenvalue weighted by atomic mass is 9.70. The maximum Gasteiger partial charge on any atom is 0.223 e. The first kappa shape index (κ1) is 19.6. The van der Waals surface area contributed by atoms with Crippen LogP contribution >= 0.6 is 0 Å². The predicted octanol–water partition coefficient (Wildman–Crippen LogP) is 2.87. The molecule has 0 N–H and O–H groups in total. The highest BCUT2D eigenvalue weighted by molar-refractivity contribution is 5.78. The van der Waals surface area contributed by atoms with Crippen molar-refractivity contribution in [2.45, 2.75) is 50.7 Å². The average molecular weight is 409 g/mol. The van der Waals surface area contributed by atoms with Gasteiger partial charge in [0, 0.05) is 51.4 Å². The summed E-state index contributed by atoms with van der Waals surface area (Å²) in [5, 5.41) is 4.34. The van der Waals surface area contributed by atoms with Crippen molar-refractivity contribution < 1.29 is 9.53 Å². The number of rotatable bonds is 5. The van der Waals surface area contributed by atoms with Gasteiger partial charge in [-0.25, -0.2) is 0 Å². The molecule has 6 nitrogen and oxygen atoms in total. The van der Waals surface area contributed by atoms with Gasteiger partial charge in [0.15, 0.2) is 0 Å². The van der Waals surface area contributed by atoms with Gasteiger partial charge in [-0.05, 0) is 61.3 Å². The number of amides is 1. The molecule has 0 radical (unpaired) electrons. The number of carbonyl (C=O) groups is 1. The molecule has 4 heterocycles. The van der Waals surface area contributed by atoms with Gasteiger partial charge in [-0.3, -0.25) is 14.4 Å². The Morgan fingerprint density at radius 2 is 2.07 bits per heavy atom. The Balaban J connectivity index is 1.41. The Kier molecular flexibility index (Phi) is 5.27. The van der Waals surface area contributed by atoms with Crippen LogP contribution in [0.15, 0.2) is 36.5 Å².